The van der Waals surface area contributed by atoms with Gasteiger partial charge in [-0.15, -0.1) is 17.0 Å². The summed E-state index contributed by atoms with van der Waals surface area (Å²) in [6.07, 6.45) is 7.06. The molecule has 14 nitrogen and oxygen atoms in total. The van der Waals surface area contributed by atoms with Crippen LogP contribution in [0.5, 0.6) is 5.75 Å². The summed E-state index contributed by atoms with van der Waals surface area (Å²) in [6.45, 7) is 4.73. The number of pyridine rings is 1. The number of nitrogens with one attached hydrogen (secondary N) is 2. The number of para-hydroxylation sites is 1. The molecule has 1 aromatic heterocycles. The first kappa shape index (κ1) is 41.1. The zero-order chi connectivity index (χ0) is 37.2. The van der Waals surface area contributed by atoms with Crippen LogP contribution in [-0.4, -0.2) is 131 Å². The molecule has 15 heteroatoms. The van der Waals surface area contributed by atoms with Gasteiger partial charge in [0.1, 0.15) is 30.5 Å². The summed E-state index contributed by atoms with van der Waals surface area (Å²) in [6, 6.07) is 10.1. The number of fused-ring (bicyclic) bond motifs is 3. The molecule has 0 aliphatic carbocycles. The Balaban J connectivity index is 0.00000561. The Hall–Kier alpha value is -4.08. The summed E-state index contributed by atoms with van der Waals surface area (Å²) >= 11 is 0. The first-order valence-corrected chi connectivity index (χ1v) is 19.4. The van der Waals surface area contributed by atoms with Gasteiger partial charge < -0.3 is 35.8 Å². The van der Waals surface area contributed by atoms with Crippen LogP contribution in [0.25, 0.3) is 0 Å². The van der Waals surface area contributed by atoms with Crippen molar-refractivity contribution in [2.45, 2.75) is 94.9 Å². The highest BCUT2D eigenvalue weighted by Crippen LogP contribution is 2.26. The van der Waals surface area contributed by atoms with Gasteiger partial charge in [-0.05, 0) is 88.6 Å². The molecular weight excluding hydrogens is 756 g/mol. The number of aromatic nitrogens is 1. The first-order valence-electron chi connectivity index (χ1n) is 19.4. The third-order valence-electron chi connectivity index (χ3n) is 10.9. The summed E-state index contributed by atoms with van der Waals surface area (Å²) in [5, 5.41) is 5.98. The summed E-state index contributed by atoms with van der Waals surface area (Å²) in [5.74, 6) is -1.14. The van der Waals surface area contributed by atoms with E-state index in [1.807, 2.05) is 18.2 Å². The van der Waals surface area contributed by atoms with Gasteiger partial charge in [-0.3, -0.25) is 33.9 Å². The third kappa shape index (κ3) is 10.4. The van der Waals surface area contributed by atoms with Gasteiger partial charge in [0.25, 0.3) is 5.91 Å². The Bertz CT molecular complexity index is 1600. The number of hydrogen-bond donors (Lipinski definition) is 3. The molecule has 1 unspecified atom stereocenters. The number of hydrogen-bond acceptors (Lipinski definition) is 9. The summed E-state index contributed by atoms with van der Waals surface area (Å²) in [7, 11) is 0. The summed E-state index contributed by atoms with van der Waals surface area (Å²) in [4.78, 5) is 81.7. The lowest BCUT2D eigenvalue weighted by Gasteiger charge is -2.32. The highest BCUT2D eigenvalue weighted by atomic mass is 79.9. The van der Waals surface area contributed by atoms with Crippen molar-refractivity contribution in [2.75, 3.05) is 52.4 Å². The van der Waals surface area contributed by atoms with Crippen LogP contribution < -0.4 is 21.1 Å². The van der Waals surface area contributed by atoms with E-state index in [-0.39, 0.29) is 71.7 Å². The van der Waals surface area contributed by atoms with Crippen LogP contribution in [0.2, 0.25) is 0 Å². The number of halogens is 1. The number of nitrogens with zero attached hydrogens (tertiary/aromatic N) is 5. The van der Waals surface area contributed by atoms with Crippen molar-refractivity contribution in [1.82, 2.24) is 35.2 Å². The molecule has 5 heterocycles. The number of ether oxygens (including phenoxy) is 1. The van der Waals surface area contributed by atoms with Crippen molar-refractivity contribution in [2.24, 2.45) is 5.73 Å². The number of rotatable bonds is 7. The van der Waals surface area contributed by atoms with Crippen molar-refractivity contribution in [3.05, 3.63) is 59.9 Å². The van der Waals surface area contributed by atoms with E-state index in [2.05, 4.69) is 20.5 Å². The number of benzene rings is 1. The number of unbranched alkanes of at least 4 members (excludes halogenated alkanes) is 1. The van der Waals surface area contributed by atoms with Crippen molar-refractivity contribution >= 4 is 46.5 Å². The van der Waals surface area contributed by atoms with E-state index >= 15 is 0 Å². The Labute approximate surface area is 328 Å². The number of carbonyl (C=O) groups is 5. The normalized spacial score (nSPS) is 24.8. The Kier molecular flexibility index (Phi) is 15.2. The lowest BCUT2D eigenvalue weighted by atomic mass is 10.0. The molecular formula is C39H55BrN8O6. The highest BCUT2D eigenvalue weighted by Gasteiger charge is 2.39. The number of carbonyl (C=O) groups excluding carboxylic acids is 5. The summed E-state index contributed by atoms with van der Waals surface area (Å²) < 4.78 is 6.26. The monoisotopic (exact) mass is 810 g/mol. The quantitative estimate of drug-likeness (QED) is 0.355. The minimum Gasteiger partial charge on any atom is -0.491 e. The average molecular weight is 812 g/mol. The fourth-order valence-corrected chi connectivity index (χ4v) is 8.02. The smallest absolute Gasteiger partial charge is 0.255 e. The second-order valence-electron chi connectivity index (χ2n) is 14.6. The topological polar surface area (TPSA) is 171 Å². The number of nitrogens with two attached hydrogens (primary N) is 1. The minimum atomic E-state index is -0.967. The zero-order valence-electron chi connectivity index (χ0n) is 31.0. The number of amides is 5. The van der Waals surface area contributed by atoms with Crippen LogP contribution in [0.1, 0.15) is 80.3 Å². The largest absolute Gasteiger partial charge is 0.491 e. The fourth-order valence-electron chi connectivity index (χ4n) is 8.02. The van der Waals surface area contributed by atoms with Crippen LogP contribution in [0.15, 0.2) is 48.7 Å². The maximum absolute atomic E-state index is 14.3. The SMILES string of the molecule is Br.NCCCC[C@@H]1NC(=O)[C@H]2CCCN2C(=O)CCC(C(=O)N2CCCN(Cc3ccccn3)CC2)NC(=O)c2ccccc2OC[C@H]2CCCN2C1=O. The molecule has 4 N–H and O–H groups in total. The van der Waals surface area contributed by atoms with Gasteiger partial charge in [-0.25, -0.2) is 0 Å². The summed E-state index contributed by atoms with van der Waals surface area (Å²) in [5.41, 5.74) is 7.00. The van der Waals surface area contributed by atoms with E-state index in [4.69, 9.17) is 10.5 Å². The fraction of sp³-hybridized carbons (Fsp3) is 0.590. The molecule has 0 saturated carbocycles. The Morgan fingerprint density at radius 3 is 2.46 bits per heavy atom. The van der Waals surface area contributed by atoms with Crippen LogP contribution in [0.4, 0.5) is 0 Å². The van der Waals surface area contributed by atoms with Gasteiger partial charge in [0.15, 0.2) is 0 Å². The predicted molar refractivity (Wildman–Crippen MR) is 208 cm³/mol. The van der Waals surface area contributed by atoms with E-state index in [1.165, 1.54) is 0 Å². The lowest BCUT2D eigenvalue weighted by molar-refractivity contribution is -0.142. The van der Waals surface area contributed by atoms with Gasteiger partial charge in [-0.1, -0.05) is 18.2 Å². The highest BCUT2D eigenvalue weighted by molar-refractivity contribution is 8.93. The zero-order valence-corrected chi connectivity index (χ0v) is 32.7. The molecule has 4 aliphatic rings. The average Bonchev–Trinajstić information content (AvgIpc) is 3.81. The van der Waals surface area contributed by atoms with Gasteiger partial charge >= 0.3 is 0 Å². The van der Waals surface area contributed by atoms with E-state index in [1.54, 1.807) is 45.2 Å². The molecule has 0 bridgehead atoms. The molecule has 4 aliphatic heterocycles. The van der Waals surface area contributed by atoms with Crippen LogP contribution in [0.3, 0.4) is 0 Å². The second kappa shape index (κ2) is 20.0. The van der Waals surface area contributed by atoms with Crippen molar-refractivity contribution in [3.63, 3.8) is 0 Å². The molecule has 1 aromatic carbocycles. The molecule has 6 rings (SSSR count). The van der Waals surface area contributed by atoms with Crippen LogP contribution in [0, 0.1) is 0 Å². The molecule has 4 atom stereocenters. The molecule has 0 spiro atoms. The predicted octanol–water partition coefficient (Wildman–Crippen LogP) is 2.26. The molecule has 294 valence electrons. The van der Waals surface area contributed by atoms with E-state index in [9.17, 15) is 24.0 Å². The van der Waals surface area contributed by atoms with E-state index in [0.29, 0.717) is 77.2 Å². The lowest BCUT2D eigenvalue weighted by Crippen LogP contribution is -2.55. The van der Waals surface area contributed by atoms with E-state index < -0.39 is 24.0 Å². The van der Waals surface area contributed by atoms with Crippen molar-refractivity contribution < 1.29 is 28.7 Å². The van der Waals surface area contributed by atoms with Crippen LogP contribution in [-0.2, 0) is 25.7 Å². The maximum atomic E-state index is 14.3. The third-order valence-corrected chi connectivity index (χ3v) is 10.9. The van der Waals surface area contributed by atoms with Gasteiger partial charge in [0, 0.05) is 58.4 Å². The van der Waals surface area contributed by atoms with Crippen LogP contribution >= 0.6 is 17.0 Å². The van der Waals surface area contributed by atoms with Crippen molar-refractivity contribution in [3.8, 4) is 5.75 Å². The minimum absolute atomic E-state index is 0. The molecule has 0 radical (unpaired) electrons. The van der Waals surface area contributed by atoms with Crippen molar-refractivity contribution in [1.29, 1.82) is 0 Å². The van der Waals surface area contributed by atoms with Gasteiger partial charge in [0.05, 0.1) is 17.3 Å². The standard InChI is InChI=1S/C39H54N8O6.BrH/c40-18-5-3-13-31-39(52)46-22-7-11-29(46)27-53-34-15-2-1-12-30(34)36(49)42-32(16-17-35(48)47-23-8-14-33(47)37(50)43-31)38(51)45-21-9-20-44(24-25-45)26-28-10-4-6-19-41-28;/h1-2,4,6,10,12,15,19,29,31-33H,3,5,7-9,11,13-14,16-18,20-27,40H2,(H,42,49)(H,43,50);1H/t29-,31+,32?,33-;/m1./s1. The van der Waals surface area contributed by atoms with E-state index in [0.717, 1.165) is 37.9 Å². The first-order chi connectivity index (χ1) is 25.8. The second-order valence-corrected chi connectivity index (χ2v) is 14.6. The molecule has 3 fully saturated rings. The molecule has 5 amide bonds. The Morgan fingerprint density at radius 2 is 1.65 bits per heavy atom. The maximum Gasteiger partial charge on any atom is 0.255 e. The Morgan fingerprint density at radius 1 is 0.852 bits per heavy atom. The van der Waals surface area contributed by atoms with Gasteiger partial charge in [-0.2, -0.15) is 0 Å². The molecule has 54 heavy (non-hydrogen) atoms. The molecule has 2 aromatic rings. The van der Waals surface area contributed by atoms with Gasteiger partial charge in [0.2, 0.25) is 23.6 Å². The molecule has 3 saturated heterocycles.